The fraction of sp³-hybridized carbons (Fsp3) is 0.350. The maximum atomic E-state index is 12.6. The van der Waals surface area contributed by atoms with Crippen LogP contribution in [-0.4, -0.2) is 42.8 Å². The highest BCUT2D eigenvalue weighted by molar-refractivity contribution is 5.98. The summed E-state index contributed by atoms with van der Waals surface area (Å²) < 4.78 is 4.96. The number of piperidine rings is 1. The Balaban J connectivity index is 1.60. The van der Waals surface area contributed by atoms with Gasteiger partial charge >= 0.3 is 0 Å². The molecule has 1 aromatic heterocycles. The molecule has 2 aromatic rings. The smallest absolute Gasteiger partial charge is 0.257 e. The van der Waals surface area contributed by atoms with E-state index in [0.29, 0.717) is 42.7 Å². The van der Waals surface area contributed by atoms with E-state index >= 15 is 0 Å². The minimum absolute atomic E-state index is 0.0725. The Hall–Kier alpha value is -3.09. The van der Waals surface area contributed by atoms with Gasteiger partial charge in [-0.05, 0) is 43.5 Å². The van der Waals surface area contributed by atoms with Gasteiger partial charge in [0.1, 0.15) is 6.26 Å². The molecule has 0 spiro atoms. The van der Waals surface area contributed by atoms with E-state index < -0.39 is 0 Å². The number of furan rings is 1. The van der Waals surface area contributed by atoms with Crippen LogP contribution in [0, 0.1) is 12.8 Å². The number of nitrogens with one attached hydrogen (secondary N) is 2. The predicted molar refractivity (Wildman–Crippen MR) is 101 cm³/mol. The van der Waals surface area contributed by atoms with E-state index in [1.54, 1.807) is 30.1 Å². The molecule has 0 bridgehead atoms. The second-order valence-corrected chi connectivity index (χ2v) is 6.68. The largest absolute Gasteiger partial charge is 0.472 e. The van der Waals surface area contributed by atoms with Gasteiger partial charge in [0.2, 0.25) is 5.91 Å². The zero-order valence-corrected chi connectivity index (χ0v) is 15.5. The fourth-order valence-electron chi connectivity index (χ4n) is 3.19. The van der Waals surface area contributed by atoms with E-state index in [4.69, 9.17) is 4.42 Å². The van der Waals surface area contributed by atoms with Crippen molar-refractivity contribution >= 4 is 23.4 Å². The Kier molecular flexibility index (Phi) is 5.59. The van der Waals surface area contributed by atoms with Gasteiger partial charge in [0, 0.05) is 37.3 Å². The van der Waals surface area contributed by atoms with Crippen molar-refractivity contribution in [1.29, 1.82) is 0 Å². The summed E-state index contributed by atoms with van der Waals surface area (Å²) in [7, 11) is 1.57. The summed E-state index contributed by atoms with van der Waals surface area (Å²) in [5.74, 6) is -0.516. The number of amides is 3. The van der Waals surface area contributed by atoms with Crippen molar-refractivity contribution in [2.24, 2.45) is 5.92 Å². The molecule has 2 N–H and O–H groups in total. The predicted octanol–water partition coefficient (Wildman–Crippen LogP) is 2.44. The molecule has 3 rings (SSSR count). The third kappa shape index (κ3) is 4.19. The molecular formula is C20H23N3O4. The van der Waals surface area contributed by atoms with Gasteiger partial charge in [-0.2, -0.15) is 0 Å². The normalized spacial score (nSPS) is 14.7. The number of likely N-dealkylation sites (tertiary alicyclic amines) is 1. The Morgan fingerprint density at radius 2 is 1.85 bits per heavy atom. The number of anilines is 1. The van der Waals surface area contributed by atoms with Crippen LogP contribution in [0.4, 0.5) is 5.69 Å². The molecule has 1 aliphatic rings. The lowest BCUT2D eigenvalue weighted by molar-refractivity contribution is -0.121. The number of aryl methyl sites for hydroxylation is 1. The molecule has 1 saturated heterocycles. The monoisotopic (exact) mass is 369 g/mol. The maximum absolute atomic E-state index is 12.6. The Bertz CT molecular complexity index is 837. The molecule has 3 amide bonds. The Morgan fingerprint density at radius 1 is 1.11 bits per heavy atom. The van der Waals surface area contributed by atoms with Crippen molar-refractivity contribution in [2.45, 2.75) is 19.8 Å². The topological polar surface area (TPSA) is 91.7 Å². The third-order valence-electron chi connectivity index (χ3n) is 4.91. The zero-order valence-electron chi connectivity index (χ0n) is 15.5. The van der Waals surface area contributed by atoms with Crippen LogP contribution in [0.15, 0.2) is 41.2 Å². The Labute approximate surface area is 157 Å². The lowest BCUT2D eigenvalue weighted by Crippen LogP contribution is -2.41. The van der Waals surface area contributed by atoms with E-state index in [1.165, 1.54) is 12.5 Å². The molecule has 1 aromatic carbocycles. The molecule has 0 atom stereocenters. The fourth-order valence-corrected chi connectivity index (χ4v) is 3.19. The second-order valence-electron chi connectivity index (χ2n) is 6.68. The van der Waals surface area contributed by atoms with Gasteiger partial charge in [-0.15, -0.1) is 0 Å². The number of hydrogen-bond acceptors (Lipinski definition) is 4. The number of benzene rings is 1. The minimum Gasteiger partial charge on any atom is -0.472 e. The van der Waals surface area contributed by atoms with E-state index in [-0.39, 0.29) is 23.6 Å². The molecule has 2 heterocycles. The number of carbonyl (C=O) groups excluding carboxylic acids is 3. The van der Waals surface area contributed by atoms with Gasteiger partial charge in [0.05, 0.1) is 11.8 Å². The van der Waals surface area contributed by atoms with Crippen LogP contribution in [-0.2, 0) is 4.79 Å². The van der Waals surface area contributed by atoms with Crippen molar-refractivity contribution in [1.82, 2.24) is 10.2 Å². The highest BCUT2D eigenvalue weighted by Gasteiger charge is 2.28. The minimum atomic E-state index is -0.198. The quantitative estimate of drug-likeness (QED) is 0.866. The van der Waals surface area contributed by atoms with Crippen molar-refractivity contribution in [2.75, 3.05) is 25.5 Å². The molecule has 142 valence electrons. The summed E-state index contributed by atoms with van der Waals surface area (Å²) >= 11 is 0. The summed E-state index contributed by atoms with van der Waals surface area (Å²) in [6, 6.07) is 6.86. The zero-order chi connectivity index (χ0) is 19.4. The maximum Gasteiger partial charge on any atom is 0.257 e. The molecule has 1 fully saturated rings. The molecule has 0 unspecified atom stereocenters. The first-order valence-corrected chi connectivity index (χ1v) is 8.94. The highest BCUT2D eigenvalue weighted by Crippen LogP contribution is 2.23. The number of carbonyl (C=O) groups is 3. The summed E-state index contributed by atoms with van der Waals surface area (Å²) in [5, 5.41) is 5.51. The van der Waals surface area contributed by atoms with Gasteiger partial charge in [0.25, 0.3) is 11.8 Å². The van der Waals surface area contributed by atoms with Crippen LogP contribution in [0.5, 0.6) is 0 Å². The van der Waals surface area contributed by atoms with Crippen LogP contribution >= 0.6 is 0 Å². The van der Waals surface area contributed by atoms with Crippen LogP contribution in [0.25, 0.3) is 0 Å². The molecular weight excluding hydrogens is 346 g/mol. The van der Waals surface area contributed by atoms with Gasteiger partial charge in [-0.25, -0.2) is 0 Å². The molecule has 0 radical (unpaired) electrons. The SMILES string of the molecule is CNC(=O)c1ccc(C)c(NC(=O)C2CCN(C(=O)c3ccoc3)CC2)c1. The lowest BCUT2D eigenvalue weighted by atomic mass is 9.95. The van der Waals surface area contributed by atoms with E-state index in [9.17, 15) is 14.4 Å². The molecule has 0 saturated carbocycles. The van der Waals surface area contributed by atoms with Crippen LogP contribution in [0.2, 0.25) is 0 Å². The first-order chi connectivity index (χ1) is 13.0. The summed E-state index contributed by atoms with van der Waals surface area (Å²) in [6.45, 7) is 2.94. The molecule has 27 heavy (non-hydrogen) atoms. The van der Waals surface area contributed by atoms with Crippen molar-refractivity contribution in [3.05, 3.63) is 53.5 Å². The van der Waals surface area contributed by atoms with Crippen LogP contribution < -0.4 is 10.6 Å². The van der Waals surface area contributed by atoms with Gasteiger partial charge in [-0.3, -0.25) is 14.4 Å². The van der Waals surface area contributed by atoms with Crippen LogP contribution in [0.1, 0.15) is 39.1 Å². The number of rotatable bonds is 4. The van der Waals surface area contributed by atoms with Crippen molar-refractivity contribution < 1.29 is 18.8 Å². The van der Waals surface area contributed by atoms with E-state index in [2.05, 4.69) is 10.6 Å². The summed E-state index contributed by atoms with van der Waals surface area (Å²) in [4.78, 5) is 38.5. The average molecular weight is 369 g/mol. The average Bonchev–Trinajstić information content (AvgIpc) is 3.23. The van der Waals surface area contributed by atoms with Gasteiger partial charge < -0.3 is 20.0 Å². The molecule has 0 aliphatic carbocycles. The Morgan fingerprint density at radius 3 is 2.48 bits per heavy atom. The van der Waals surface area contributed by atoms with Gasteiger partial charge in [-0.1, -0.05) is 6.07 Å². The first-order valence-electron chi connectivity index (χ1n) is 8.94. The standard InChI is InChI=1S/C20H23N3O4/c1-13-3-4-15(18(24)21-2)11-17(13)22-19(25)14-5-8-23(9-6-14)20(26)16-7-10-27-12-16/h3-4,7,10-12,14H,5-6,8-9H2,1-2H3,(H,21,24)(H,22,25). The third-order valence-corrected chi connectivity index (χ3v) is 4.91. The van der Waals surface area contributed by atoms with E-state index in [1.807, 2.05) is 13.0 Å². The number of hydrogen-bond donors (Lipinski definition) is 2. The lowest BCUT2D eigenvalue weighted by Gasteiger charge is -2.31. The second kappa shape index (κ2) is 8.07. The molecule has 7 heteroatoms. The summed E-state index contributed by atoms with van der Waals surface area (Å²) in [5.41, 5.74) is 2.56. The number of nitrogens with zero attached hydrogens (tertiary/aromatic N) is 1. The molecule has 7 nitrogen and oxygen atoms in total. The first kappa shape index (κ1) is 18.7. The molecule has 1 aliphatic heterocycles. The summed E-state index contributed by atoms with van der Waals surface area (Å²) in [6.07, 6.45) is 4.11. The highest BCUT2D eigenvalue weighted by atomic mass is 16.3. The van der Waals surface area contributed by atoms with Crippen molar-refractivity contribution in [3.8, 4) is 0 Å². The van der Waals surface area contributed by atoms with Gasteiger partial charge in [0.15, 0.2) is 0 Å². The van der Waals surface area contributed by atoms with Crippen molar-refractivity contribution in [3.63, 3.8) is 0 Å². The van der Waals surface area contributed by atoms with E-state index in [0.717, 1.165) is 5.56 Å². The van der Waals surface area contributed by atoms with Crippen LogP contribution in [0.3, 0.4) is 0 Å².